The Morgan fingerprint density at radius 3 is 1.42 bits per heavy atom. The lowest BCUT2D eigenvalue weighted by atomic mass is 10.0. The minimum absolute atomic E-state index is 0.179. The molecule has 0 saturated carbocycles. The predicted molar refractivity (Wildman–Crippen MR) is 124 cm³/mol. The van der Waals surface area contributed by atoms with Crippen LogP contribution in [0.2, 0.25) is 0 Å². The molecule has 0 amide bonds. The largest absolute Gasteiger partial charge is 0.394 e. The van der Waals surface area contributed by atoms with E-state index in [2.05, 4.69) is 0 Å². The highest BCUT2D eigenvalue weighted by molar-refractivity contribution is 5.57. The lowest BCUT2D eigenvalue weighted by Gasteiger charge is -2.33. The first-order valence-electron chi connectivity index (χ1n) is 10.9. The molecule has 0 aliphatic rings. The lowest BCUT2D eigenvalue weighted by molar-refractivity contribution is -0.182. The molecule has 6 nitrogen and oxygen atoms in total. The normalized spacial score (nSPS) is 14.8. The van der Waals surface area contributed by atoms with Gasteiger partial charge in [0.15, 0.2) is 6.29 Å². The zero-order chi connectivity index (χ0) is 23.3. The van der Waals surface area contributed by atoms with Crippen molar-refractivity contribution in [3.05, 3.63) is 108 Å². The fraction of sp³-hybridized carbons (Fsp3) is 0.296. The lowest BCUT2D eigenvalue weighted by Crippen LogP contribution is -2.50. The minimum Gasteiger partial charge on any atom is -0.394 e. The van der Waals surface area contributed by atoms with Crippen LogP contribution in [0, 0.1) is 0 Å². The summed E-state index contributed by atoms with van der Waals surface area (Å²) in [7, 11) is 0. The first kappa shape index (κ1) is 24.8. The molecule has 0 aromatic heterocycles. The molecule has 174 valence electrons. The summed E-state index contributed by atoms with van der Waals surface area (Å²) in [6.07, 6.45) is -3.57. The van der Waals surface area contributed by atoms with Crippen molar-refractivity contribution in [2.45, 2.75) is 44.2 Å². The van der Waals surface area contributed by atoms with Gasteiger partial charge in [0, 0.05) is 0 Å². The van der Waals surface area contributed by atoms with E-state index >= 15 is 0 Å². The van der Waals surface area contributed by atoms with Gasteiger partial charge in [-0.3, -0.25) is 0 Å². The third kappa shape index (κ3) is 7.89. The number of hydrogen-bond donors (Lipinski definition) is 2. The van der Waals surface area contributed by atoms with Crippen LogP contribution in [0.5, 0.6) is 0 Å². The molecule has 3 aromatic carbocycles. The van der Waals surface area contributed by atoms with Crippen molar-refractivity contribution >= 4 is 6.29 Å². The van der Waals surface area contributed by atoms with Crippen LogP contribution in [-0.2, 0) is 38.8 Å². The summed E-state index contributed by atoms with van der Waals surface area (Å²) in [4.78, 5) is 12.1. The summed E-state index contributed by atoms with van der Waals surface area (Å²) in [5, 5.41) is 20.3. The van der Waals surface area contributed by atoms with E-state index in [1.54, 1.807) is 0 Å². The first-order valence-corrected chi connectivity index (χ1v) is 10.9. The Morgan fingerprint density at radius 1 is 0.636 bits per heavy atom. The number of aldehydes is 1. The van der Waals surface area contributed by atoms with Gasteiger partial charge in [0.25, 0.3) is 0 Å². The first-order chi connectivity index (χ1) is 16.2. The number of carbonyl (C=O) groups is 1. The second-order valence-corrected chi connectivity index (χ2v) is 7.67. The van der Waals surface area contributed by atoms with E-state index in [0.29, 0.717) is 6.29 Å². The Labute approximate surface area is 194 Å². The van der Waals surface area contributed by atoms with E-state index in [-0.39, 0.29) is 19.8 Å². The van der Waals surface area contributed by atoms with Crippen LogP contribution in [0.4, 0.5) is 0 Å². The summed E-state index contributed by atoms with van der Waals surface area (Å²) in [5.74, 6) is 0. The number of rotatable bonds is 14. The van der Waals surface area contributed by atoms with Crippen LogP contribution in [0.1, 0.15) is 16.7 Å². The molecule has 0 fully saturated rings. The quantitative estimate of drug-likeness (QED) is 0.367. The molecule has 3 rings (SSSR count). The molecular formula is C27H30O6. The van der Waals surface area contributed by atoms with Gasteiger partial charge in [0.05, 0.1) is 26.4 Å². The topological polar surface area (TPSA) is 85.2 Å². The monoisotopic (exact) mass is 450 g/mol. The Balaban J connectivity index is 1.79. The molecule has 33 heavy (non-hydrogen) atoms. The Kier molecular flexibility index (Phi) is 10.2. The molecule has 0 aliphatic carbocycles. The van der Waals surface area contributed by atoms with Crippen molar-refractivity contribution in [2.24, 2.45) is 0 Å². The molecule has 4 atom stereocenters. The Bertz CT molecular complexity index is 919. The van der Waals surface area contributed by atoms with Crippen molar-refractivity contribution in [1.82, 2.24) is 0 Å². The van der Waals surface area contributed by atoms with Gasteiger partial charge in [0.1, 0.15) is 24.4 Å². The van der Waals surface area contributed by atoms with Crippen molar-refractivity contribution < 1.29 is 29.2 Å². The van der Waals surface area contributed by atoms with Crippen LogP contribution in [0.25, 0.3) is 0 Å². The molecule has 0 aliphatic heterocycles. The summed E-state index contributed by atoms with van der Waals surface area (Å²) in [6, 6.07) is 28.4. The third-order valence-electron chi connectivity index (χ3n) is 5.20. The van der Waals surface area contributed by atoms with Crippen LogP contribution in [0.3, 0.4) is 0 Å². The molecule has 0 radical (unpaired) electrons. The Morgan fingerprint density at radius 2 is 1.03 bits per heavy atom. The standard InChI is InChI=1S/C27H30O6/c28-16-24(30)26(32-19-22-12-6-2-7-13-22)27(33-20-23-14-8-3-9-15-23)25(17-29)31-18-21-10-4-1-5-11-21/h1-15,17,24-28,30H,16,18-20H2. The fourth-order valence-corrected chi connectivity index (χ4v) is 3.42. The van der Waals surface area contributed by atoms with Crippen LogP contribution in [0.15, 0.2) is 91.0 Å². The third-order valence-corrected chi connectivity index (χ3v) is 5.20. The van der Waals surface area contributed by atoms with Gasteiger partial charge in [-0.15, -0.1) is 0 Å². The summed E-state index contributed by atoms with van der Waals surface area (Å²) >= 11 is 0. The van der Waals surface area contributed by atoms with Gasteiger partial charge in [-0.1, -0.05) is 91.0 Å². The molecule has 6 heteroatoms. The van der Waals surface area contributed by atoms with Crippen LogP contribution < -0.4 is 0 Å². The van der Waals surface area contributed by atoms with Gasteiger partial charge < -0.3 is 29.2 Å². The Hall–Kier alpha value is -2.87. The zero-order valence-corrected chi connectivity index (χ0v) is 18.4. The fourth-order valence-electron chi connectivity index (χ4n) is 3.42. The number of aliphatic hydroxyl groups is 2. The smallest absolute Gasteiger partial charge is 0.151 e. The van der Waals surface area contributed by atoms with E-state index in [9.17, 15) is 15.0 Å². The summed E-state index contributed by atoms with van der Waals surface area (Å²) < 4.78 is 18.0. The highest BCUT2D eigenvalue weighted by atomic mass is 16.6. The van der Waals surface area contributed by atoms with Crippen molar-refractivity contribution in [2.75, 3.05) is 6.61 Å². The molecule has 0 saturated heterocycles. The molecule has 4 unspecified atom stereocenters. The molecule has 2 N–H and O–H groups in total. The van der Waals surface area contributed by atoms with E-state index in [1.807, 2.05) is 91.0 Å². The maximum absolute atomic E-state index is 12.1. The maximum Gasteiger partial charge on any atom is 0.151 e. The molecule has 0 heterocycles. The zero-order valence-electron chi connectivity index (χ0n) is 18.4. The van der Waals surface area contributed by atoms with E-state index in [0.717, 1.165) is 16.7 Å². The number of carbonyl (C=O) groups excluding carboxylic acids is 1. The van der Waals surface area contributed by atoms with Crippen molar-refractivity contribution in [3.8, 4) is 0 Å². The van der Waals surface area contributed by atoms with E-state index < -0.39 is 31.0 Å². The minimum atomic E-state index is -1.27. The van der Waals surface area contributed by atoms with Gasteiger partial charge in [-0.25, -0.2) is 0 Å². The number of ether oxygens (including phenoxy) is 3. The van der Waals surface area contributed by atoms with Gasteiger partial charge in [0.2, 0.25) is 0 Å². The van der Waals surface area contributed by atoms with Crippen molar-refractivity contribution in [3.63, 3.8) is 0 Å². The molecule has 0 spiro atoms. The van der Waals surface area contributed by atoms with Crippen LogP contribution in [-0.4, -0.2) is 47.5 Å². The molecular weight excluding hydrogens is 420 g/mol. The number of aliphatic hydroxyl groups excluding tert-OH is 2. The average molecular weight is 451 g/mol. The SMILES string of the molecule is O=CC(OCc1ccccc1)C(OCc1ccccc1)C(OCc1ccccc1)C(O)CO. The number of benzene rings is 3. The second-order valence-electron chi connectivity index (χ2n) is 7.67. The number of hydrogen-bond acceptors (Lipinski definition) is 6. The summed E-state index contributed by atoms with van der Waals surface area (Å²) in [6.45, 7) is 0.0108. The van der Waals surface area contributed by atoms with Gasteiger partial charge in [-0.2, -0.15) is 0 Å². The highest BCUT2D eigenvalue weighted by Crippen LogP contribution is 2.20. The van der Waals surface area contributed by atoms with E-state index in [4.69, 9.17) is 14.2 Å². The van der Waals surface area contributed by atoms with Gasteiger partial charge >= 0.3 is 0 Å². The molecule has 3 aromatic rings. The second kappa shape index (κ2) is 13.6. The summed E-state index contributed by atoms with van der Waals surface area (Å²) in [5.41, 5.74) is 2.69. The van der Waals surface area contributed by atoms with Gasteiger partial charge in [-0.05, 0) is 16.7 Å². The highest BCUT2D eigenvalue weighted by Gasteiger charge is 2.37. The average Bonchev–Trinajstić information content (AvgIpc) is 2.88. The predicted octanol–water partition coefficient (Wildman–Crippen LogP) is 3.29. The maximum atomic E-state index is 12.1. The van der Waals surface area contributed by atoms with Crippen LogP contribution >= 0.6 is 0 Å². The van der Waals surface area contributed by atoms with E-state index in [1.165, 1.54) is 0 Å². The van der Waals surface area contributed by atoms with Crippen molar-refractivity contribution in [1.29, 1.82) is 0 Å². The molecule has 0 bridgehead atoms.